The van der Waals surface area contributed by atoms with E-state index in [0.29, 0.717) is 0 Å². The zero-order valence-electron chi connectivity index (χ0n) is 12.6. The maximum Gasteiger partial charge on any atom is 0.0642 e. The van der Waals surface area contributed by atoms with E-state index in [4.69, 9.17) is 4.74 Å². The van der Waals surface area contributed by atoms with Gasteiger partial charge in [0.05, 0.1) is 19.8 Å². The molecular weight excluding hydrogens is 252 g/mol. The molecule has 1 aliphatic rings. The highest BCUT2D eigenvalue weighted by molar-refractivity contribution is 5.47. The molecule has 2 N–H and O–H groups in total. The minimum atomic E-state index is -0.192. The van der Waals surface area contributed by atoms with Crippen LogP contribution in [-0.2, 0) is 11.3 Å². The molecule has 20 heavy (non-hydrogen) atoms. The Morgan fingerprint density at radius 2 is 1.90 bits per heavy atom. The van der Waals surface area contributed by atoms with Crippen LogP contribution < -0.4 is 10.2 Å². The summed E-state index contributed by atoms with van der Waals surface area (Å²) in [7, 11) is 0. The van der Waals surface area contributed by atoms with Crippen molar-refractivity contribution in [1.29, 1.82) is 0 Å². The van der Waals surface area contributed by atoms with Crippen molar-refractivity contribution in [3.8, 4) is 0 Å². The molecular formula is C16H26N2O2. The number of morpholine rings is 1. The van der Waals surface area contributed by atoms with Gasteiger partial charge in [0.1, 0.15) is 0 Å². The third-order valence-electron chi connectivity index (χ3n) is 4.16. The first-order valence-corrected chi connectivity index (χ1v) is 7.44. The van der Waals surface area contributed by atoms with Crippen LogP contribution in [0.3, 0.4) is 0 Å². The van der Waals surface area contributed by atoms with E-state index in [9.17, 15) is 5.11 Å². The number of anilines is 1. The lowest BCUT2D eigenvalue weighted by Gasteiger charge is -2.29. The number of hydrogen-bond donors (Lipinski definition) is 2. The first kappa shape index (κ1) is 15.3. The SMILES string of the molecule is CCC(C)(CO)NCc1ccc(N2CCOCC2)cc1. The maximum atomic E-state index is 9.40. The molecule has 112 valence electrons. The number of aliphatic hydroxyl groups is 1. The summed E-state index contributed by atoms with van der Waals surface area (Å²) in [5.41, 5.74) is 2.32. The van der Waals surface area contributed by atoms with Crippen molar-refractivity contribution >= 4 is 5.69 Å². The van der Waals surface area contributed by atoms with Gasteiger partial charge in [0.2, 0.25) is 0 Å². The summed E-state index contributed by atoms with van der Waals surface area (Å²) < 4.78 is 5.37. The Bertz CT molecular complexity index is 395. The summed E-state index contributed by atoms with van der Waals surface area (Å²) >= 11 is 0. The fourth-order valence-electron chi connectivity index (χ4n) is 2.25. The lowest BCUT2D eigenvalue weighted by molar-refractivity contribution is 0.122. The fraction of sp³-hybridized carbons (Fsp3) is 0.625. The van der Waals surface area contributed by atoms with Crippen LogP contribution in [0.25, 0.3) is 0 Å². The standard InChI is InChI=1S/C16H26N2O2/c1-3-16(2,13-19)17-12-14-4-6-15(7-5-14)18-8-10-20-11-9-18/h4-7,17,19H,3,8-13H2,1-2H3. The first-order valence-electron chi connectivity index (χ1n) is 7.44. The van der Waals surface area contributed by atoms with Gasteiger partial charge in [0, 0.05) is 30.9 Å². The van der Waals surface area contributed by atoms with Crippen LogP contribution in [0.2, 0.25) is 0 Å². The molecule has 0 bridgehead atoms. The van der Waals surface area contributed by atoms with Gasteiger partial charge in [0.25, 0.3) is 0 Å². The van der Waals surface area contributed by atoms with Crippen molar-refractivity contribution in [2.45, 2.75) is 32.4 Å². The monoisotopic (exact) mass is 278 g/mol. The largest absolute Gasteiger partial charge is 0.394 e. The number of ether oxygens (including phenoxy) is 1. The van der Waals surface area contributed by atoms with Gasteiger partial charge in [-0.25, -0.2) is 0 Å². The van der Waals surface area contributed by atoms with Crippen molar-refractivity contribution in [1.82, 2.24) is 5.32 Å². The molecule has 2 rings (SSSR count). The Balaban J connectivity index is 1.91. The zero-order valence-corrected chi connectivity index (χ0v) is 12.6. The summed E-state index contributed by atoms with van der Waals surface area (Å²) in [4.78, 5) is 2.35. The Labute approximate surface area is 121 Å². The smallest absolute Gasteiger partial charge is 0.0642 e. The second kappa shape index (κ2) is 7.07. The van der Waals surface area contributed by atoms with E-state index in [1.165, 1.54) is 11.3 Å². The predicted octanol–water partition coefficient (Wildman–Crippen LogP) is 1.77. The summed E-state index contributed by atoms with van der Waals surface area (Å²) in [5, 5.41) is 12.8. The van der Waals surface area contributed by atoms with Crippen LogP contribution >= 0.6 is 0 Å². The average molecular weight is 278 g/mol. The van der Waals surface area contributed by atoms with Gasteiger partial charge in [-0.1, -0.05) is 19.1 Å². The Kier molecular flexibility index (Phi) is 5.40. The third kappa shape index (κ3) is 3.95. The second-order valence-electron chi connectivity index (χ2n) is 5.69. The molecule has 1 aromatic carbocycles. The van der Waals surface area contributed by atoms with Gasteiger partial charge in [-0.05, 0) is 31.0 Å². The van der Waals surface area contributed by atoms with Crippen LogP contribution in [0.15, 0.2) is 24.3 Å². The highest BCUT2D eigenvalue weighted by Gasteiger charge is 2.19. The predicted molar refractivity (Wildman–Crippen MR) is 82.1 cm³/mol. The maximum absolute atomic E-state index is 9.40. The summed E-state index contributed by atoms with van der Waals surface area (Å²) in [6.45, 7) is 8.65. The normalized spacial score (nSPS) is 18.9. The molecule has 0 saturated carbocycles. The van der Waals surface area contributed by atoms with Crippen LogP contribution in [-0.4, -0.2) is 43.6 Å². The molecule has 0 spiro atoms. The average Bonchev–Trinajstić information content (AvgIpc) is 2.54. The fourth-order valence-corrected chi connectivity index (χ4v) is 2.25. The quantitative estimate of drug-likeness (QED) is 0.832. The summed E-state index contributed by atoms with van der Waals surface area (Å²) in [5.74, 6) is 0. The summed E-state index contributed by atoms with van der Waals surface area (Å²) in [6, 6.07) is 8.66. The Morgan fingerprint density at radius 1 is 1.25 bits per heavy atom. The molecule has 4 nitrogen and oxygen atoms in total. The van der Waals surface area contributed by atoms with E-state index < -0.39 is 0 Å². The van der Waals surface area contributed by atoms with E-state index >= 15 is 0 Å². The molecule has 0 radical (unpaired) electrons. The van der Waals surface area contributed by atoms with Crippen molar-refractivity contribution in [3.63, 3.8) is 0 Å². The number of rotatable bonds is 6. The number of nitrogens with one attached hydrogen (secondary N) is 1. The minimum absolute atomic E-state index is 0.162. The van der Waals surface area contributed by atoms with Crippen molar-refractivity contribution in [2.24, 2.45) is 0 Å². The molecule has 1 atom stereocenters. The van der Waals surface area contributed by atoms with E-state index in [1.807, 2.05) is 0 Å². The molecule has 4 heteroatoms. The lowest BCUT2D eigenvalue weighted by Crippen LogP contribution is -2.44. The third-order valence-corrected chi connectivity index (χ3v) is 4.16. The van der Waals surface area contributed by atoms with Gasteiger partial charge in [0.15, 0.2) is 0 Å². The van der Waals surface area contributed by atoms with Crippen LogP contribution in [0, 0.1) is 0 Å². The first-order chi connectivity index (χ1) is 9.67. The van der Waals surface area contributed by atoms with E-state index in [2.05, 4.69) is 48.3 Å². The zero-order chi connectivity index (χ0) is 14.4. The second-order valence-corrected chi connectivity index (χ2v) is 5.69. The van der Waals surface area contributed by atoms with Crippen molar-refractivity contribution in [3.05, 3.63) is 29.8 Å². The minimum Gasteiger partial charge on any atom is -0.394 e. The van der Waals surface area contributed by atoms with Crippen molar-refractivity contribution < 1.29 is 9.84 Å². The number of benzene rings is 1. The molecule has 1 unspecified atom stereocenters. The number of nitrogens with zero attached hydrogens (tertiary/aromatic N) is 1. The topological polar surface area (TPSA) is 44.7 Å². The van der Waals surface area contributed by atoms with Gasteiger partial charge < -0.3 is 20.1 Å². The Morgan fingerprint density at radius 3 is 2.45 bits per heavy atom. The highest BCUT2D eigenvalue weighted by atomic mass is 16.5. The van der Waals surface area contributed by atoms with E-state index in [-0.39, 0.29) is 12.1 Å². The molecule has 1 fully saturated rings. The Hall–Kier alpha value is -1.10. The van der Waals surface area contributed by atoms with Gasteiger partial charge >= 0.3 is 0 Å². The van der Waals surface area contributed by atoms with Gasteiger partial charge in [-0.2, -0.15) is 0 Å². The molecule has 1 aliphatic heterocycles. The number of aliphatic hydroxyl groups excluding tert-OH is 1. The molecule has 0 aromatic heterocycles. The molecule has 1 heterocycles. The van der Waals surface area contributed by atoms with Gasteiger partial charge in [-0.3, -0.25) is 0 Å². The molecule has 1 aromatic rings. The van der Waals surface area contributed by atoms with E-state index in [0.717, 1.165) is 39.3 Å². The van der Waals surface area contributed by atoms with E-state index in [1.54, 1.807) is 0 Å². The summed E-state index contributed by atoms with van der Waals surface area (Å²) in [6.07, 6.45) is 0.912. The molecule has 0 aliphatic carbocycles. The number of hydrogen-bond acceptors (Lipinski definition) is 4. The van der Waals surface area contributed by atoms with Crippen LogP contribution in [0.4, 0.5) is 5.69 Å². The van der Waals surface area contributed by atoms with Crippen LogP contribution in [0.5, 0.6) is 0 Å². The van der Waals surface area contributed by atoms with Gasteiger partial charge in [-0.15, -0.1) is 0 Å². The van der Waals surface area contributed by atoms with Crippen molar-refractivity contribution in [2.75, 3.05) is 37.8 Å². The molecule has 0 amide bonds. The molecule has 1 saturated heterocycles. The highest BCUT2D eigenvalue weighted by Crippen LogP contribution is 2.17. The van der Waals surface area contributed by atoms with Crippen LogP contribution in [0.1, 0.15) is 25.8 Å². The lowest BCUT2D eigenvalue weighted by atomic mass is 10.00.